The summed E-state index contributed by atoms with van der Waals surface area (Å²) < 4.78 is 21.3. The molecule has 2 rings (SSSR count). The molecule has 1 fully saturated rings. The van der Waals surface area contributed by atoms with Crippen molar-refractivity contribution in [1.82, 2.24) is 4.98 Å². The lowest BCUT2D eigenvalue weighted by Gasteiger charge is -2.10. The summed E-state index contributed by atoms with van der Waals surface area (Å²) in [4.78, 5) is 4.24. The zero-order valence-corrected chi connectivity index (χ0v) is 13.2. The van der Waals surface area contributed by atoms with Crippen molar-refractivity contribution in [3.63, 3.8) is 0 Å². The largest absolute Gasteiger partial charge is 0.491 e. The Kier molecular flexibility index (Phi) is 4.91. The van der Waals surface area contributed by atoms with Crippen LogP contribution in [0.15, 0.2) is 22.7 Å². The van der Waals surface area contributed by atoms with Gasteiger partial charge in [-0.2, -0.15) is 4.40 Å². The molecule has 20 heavy (non-hydrogen) atoms. The van der Waals surface area contributed by atoms with E-state index in [9.17, 15) is 4.21 Å². The smallest absolute Gasteiger partial charge is 0.139 e. The van der Waals surface area contributed by atoms with Crippen molar-refractivity contribution in [2.45, 2.75) is 33.6 Å². The van der Waals surface area contributed by atoms with Crippen LogP contribution in [0, 0.1) is 11.3 Å². The molecule has 1 heterocycles. The van der Waals surface area contributed by atoms with Crippen molar-refractivity contribution in [3.05, 3.63) is 24.0 Å². The molecule has 0 saturated heterocycles. The Bertz CT molecular complexity index is 493. The molecule has 0 bridgehead atoms. The van der Waals surface area contributed by atoms with Crippen LogP contribution in [0.5, 0.6) is 5.75 Å². The number of aromatic nitrogens is 1. The number of rotatable bonds is 7. The van der Waals surface area contributed by atoms with Crippen LogP contribution >= 0.6 is 0 Å². The van der Waals surface area contributed by atoms with Gasteiger partial charge in [-0.3, -0.25) is 4.98 Å². The van der Waals surface area contributed by atoms with Crippen molar-refractivity contribution in [2.75, 3.05) is 12.4 Å². The highest BCUT2D eigenvalue weighted by Crippen LogP contribution is 2.44. The second-order valence-electron chi connectivity index (χ2n) is 6.13. The quantitative estimate of drug-likeness (QED) is 0.726. The minimum absolute atomic E-state index is 0.369. The molecule has 1 aliphatic rings. The minimum Gasteiger partial charge on any atom is -0.491 e. The molecular formula is C15H22N2O2S. The van der Waals surface area contributed by atoms with Crippen molar-refractivity contribution in [2.24, 2.45) is 15.7 Å². The molecule has 1 aromatic heterocycles. The van der Waals surface area contributed by atoms with E-state index in [-0.39, 0.29) is 0 Å². The number of hydrogen-bond acceptors (Lipinski definition) is 3. The summed E-state index contributed by atoms with van der Waals surface area (Å²) in [5.41, 5.74) is 1.07. The molecule has 0 spiro atoms. The molecule has 1 unspecified atom stereocenters. The first-order valence-corrected chi connectivity index (χ1v) is 8.26. The average molecular weight is 294 g/mol. The molecule has 1 saturated carbocycles. The lowest BCUT2D eigenvalue weighted by Crippen LogP contribution is -2.08. The molecule has 0 aromatic carbocycles. The van der Waals surface area contributed by atoms with Gasteiger partial charge in [-0.15, -0.1) is 0 Å². The van der Waals surface area contributed by atoms with E-state index in [1.165, 1.54) is 12.8 Å². The van der Waals surface area contributed by atoms with Gasteiger partial charge in [0, 0.05) is 11.2 Å². The van der Waals surface area contributed by atoms with E-state index in [1.807, 2.05) is 26.0 Å². The summed E-state index contributed by atoms with van der Waals surface area (Å²) in [5.74, 6) is 1.73. The topological polar surface area (TPSA) is 51.5 Å². The first kappa shape index (κ1) is 15.2. The monoisotopic (exact) mass is 294 g/mol. The summed E-state index contributed by atoms with van der Waals surface area (Å²) in [6.07, 6.45) is 5.74. The Morgan fingerprint density at radius 3 is 2.80 bits per heavy atom. The third-order valence-corrected chi connectivity index (χ3v) is 4.52. The Labute approximate surface area is 123 Å². The summed E-state index contributed by atoms with van der Waals surface area (Å²) >= 11 is 0. The highest BCUT2D eigenvalue weighted by Gasteiger charge is 2.38. The predicted molar refractivity (Wildman–Crippen MR) is 82.5 cm³/mol. The fourth-order valence-corrected chi connectivity index (χ4v) is 2.49. The van der Waals surface area contributed by atoms with Crippen LogP contribution in [0.1, 0.15) is 39.3 Å². The maximum atomic E-state index is 11.6. The standard InChI is InChI=1S/C15H22N2O2S/c1-12(2)10-20(18)17-8-13-4-5-14(9-16-13)19-11-15(3)6-7-15/h4-5,8-9,12H,6-7,10-11H2,1-3H3. The van der Waals surface area contributed by atoms with Gasteiger partial charge in [-0.25, -0.2) is 4.21 Å². The SMILES string of the molecule is CC(C)CS(=O)N=Cc1ccc(OCC2(C)CC2)cn1. The van der Waals surface area contributed by atoms with Crippen molar-refractivity contribution in [3.8, 4) is 5.75 Å². The van der Waals surface area contributed by atoms with E-state index in [4.69, 9.17) is 4.74 Å². The molecule has 1 aliphatic carbocycles. The average Bonchev–Trinajstić information content (AvgIpc) is 3.13. The molecule has 110 valence electrons. The van der Waals surface area contributed by atoms with Crippen LogP contribution in [-0.4, -0.2) is 27.8 Å². The number of hydrogen-bond donors (Lipinski definition) is 0. The maximum absolute atomic E-state index is 11.6. The van der Waals surface area contributed by atoms with Crippen LogP contribution in [0.25, 0.3) is 0 Å². The summed E-state index contributed by atoms with van der Waals surface area (Å²) in [6, 6.07) is 3.71. The summed E-state index contributed by atoms with van der Waals surface area (Å²) in [5, 5.41) is 0. The fourth-order valence-electron chi connectivity index (χ4n) is 1.61. The van der Waals surface area contributed by atoms with Crippen molar-refractivity contribution in [1.29, 1.82) is 0 Å². The third-order valence-electron chi connectivity index (χ3n) is 3.23. The van der Waals surface area contributed by atoms with Crippen molar-refractivity contribution < 1.29 is 8.95 Å². The molecule has 1 atom stereocenters. The molecule has 4 nitrogen and oxygen atoms in total. The van der Waals surface area contributed by atoms with Crippen LogP contribution in [0.3, 0.4) is 0 Å². The predicted octanol–water partition coefficient (Wildman–Crippen LogP) is 3.00. The highest BCUT2D eigenvalue weighted by atomic mass is 32.2. The van der Waals surface area contributed by atoms with Gasteiger partial charge in [0.15, 0.2) is 0 Å². The molecule has 0 N–H and O–H groups in total. The first-order valence-electron chi connectivity index (χ1n) is 6.98. The van der Waals surface area contributed by atoms with Crippen LogP contribution in [-0.2, 0) is 11.0 Å². The van der Waals surface area contributed by atoms with E-state index in [0.717, 1.165) is 12.4 Å². The number of pyridine rings is 1. The molecule has 0 radical (unpaired) electrons. The van der Waals surface area contributed by atoms with E-state index < -0.39 is 11.0 Å². The second kappa shape index (κ2) is 6.48. The summed E-state index contributed by atoms with van der Waals surface area (Å²) in [6.45, 7) is 7.03. The summed E-state index contributed by atoms with van der Waals surface area (Å²) in [7, 11) is -1.16. The molecule has 1 aromatic rings. The number of ether oxygens (including phenoxy) is 1. The van der Waals surface area contributed by atoms with Crippen LogP contribution in [0.4, 0.5) is 0 Å². The molecule has 0 aliphatic heterocycles. The van der Waals surface area contributed by atoms with Gasteiger partial charge in [0.05, 0.1) is 24.7 Å². The molecule has 5 heteroatoms. The van der Waals surface area contributed by atoms with E-state index in [0.29, 0.717) is 22.8 Å². The maximum Gasteiger partial charge on any atom is 0.139 e. The van der Waals surface area contributed by atoms with E-state index >= 15 is 0 Å². The normalized spacial score (nSPS) is 18.4. The van der Waals surface area contributed by atoms with Gasteiger partial charge in [0.2, 0.25) is 0 Å². The van der Waals surface area contributed by atoms with Crippen LogP contribution < -0.4 is 4.74 Å². The lowest BCUT2D eigenvalue weighted by atomic mass is 10.2. The van der Waals surface area contributed by atoms with Gasteiger partial charge in [-0.05, 0) is 30.9 Å². The fraction of sp³-hybridized carbons (Fsp3) is 0.600. The third kappa shape index (κ3) is 5.04. The van der Waals surface area contributed by atoms with Gasteiger partial charge < -0.3 is 4.74 Å². The Hall–Kier alpha value is -1.23. The van der Waals surface area contributed by atoms with Gasteiger partial charge in [0.25, 0.3) is 0 Å². The van der Waals surface area contributed by atoms with Gasteiger partial charge in [0.1, 0.15) is 16.7 Å². The number of nitrogens with zero attached hydrogens (tertiary/aromatic N) is 2. The highest BCUT2D eigenvalue weighted by molar-refractivity contribution is 7.83. The minimum atomic E-state index is -1.16. The first-order chi connectivity index (χ1) is 9.47. The van der Waals surface area contributed by atoms with Crippen LogP contribution in [0.2, 0.25) is 0 Å². The van der Waals surface area contributed by atoms with E-state index in [2.05, 4.69) is 16.3 Å². The van der Waals surface area contributed by atoms with Crippen molar-refractivity contribution >= 4 is 17.2 Å². The molecule has 0 amide bonds. The second-order valence-corrected chi connectivity index (χ2v) is 7.32. The lowest BCUT2D eigenvalue weighted by molar-refractivity contribution is 0.246. The zero-order valence-electron chi connectivity index (χ0n) is 12.3. The Morgan fingerprint density at radius 2 is 2.25 bits per heavy atom. The van der Waals surface area contributed by atoms with Gasteiger partial charge >= 0.3 is 0 Å². The van der Waals surface area contributed by atoms with E-state index in [1.54, 1.807) is 12.4 Å². The Balaban J connectivity index is 1.84. The zero-order chi connectivity index (χ0) is 14.6. The van der Waals surface area contributed by atoms with Gasteiger partial charge in [-0.1, -0.05) is 20.8 Å². The Morgan fingerprint density at radius 1 is 1.50 bits per heavy atom. The molecular weight excluding hydrogens is 272 g/mol.